The van der Waals surface area contributed by atoms with Crippen LogP contribution in [-0.4, -0.2) is 64.2 Å². The third kappa shape index (κ3) is 3.88. The maximum Gasteiger partial charge on any atom is 0.320 e. The number of nitrogens with one attached hydrogen (secondary N) is 1. The zero-order valence-electron chi connectivity index (χ0n) is 14.4. The number of rotatable bonds is 4. The van der Waals surface area contributed by atoms with Crippen molar-refractivity contribution in [2.75, 3.05) is 32.7 Å². The molecule has 0 aliphatic carbocycles. The number of hydrogen-bond donors (Lipinski definition) is 1. The molecular weight excluding hydrogens is 306 g/mol. The first kappa shape index (κ1) is 16.8. The fraction of sp³-hybridized carbons (Fsp3) is 0.706. The van der Waals surface area contributed by atoms with Crippen molar-refractivity contribution in [1.82, 2.24) is 24.9 Å². The largest absolute Gasteiger partial charge is 0.355 e. The van der Waals surface area contributed by atoms with Crippen molar-refractivity contribution in [1.29, 1.82) is 0 Å². The average molecular weight is 333 g/mol. The molecule has 0 unspecified atom stereocenters. The summed E-state index contributed by atoms with van der Waals surface area (Å²) in [6.07, 6.45) is 6.49. The van der Waals surface area contributed by atoms with Gasteiger partial charge in [0.25, 0.3) is 0 Å². The van der Waals surface area contributed by atoms with E-state index in [0.717, 1.165) is 57.4 Å². The minimum absolute atomic E-state index is 0.0658. The molecule has 3 heterocycles. The SMILES string of the molecule is Cn1nccc1CCNC(=O)[C@@H]1CCCN(C(=O)N2CCCC2)C1. The van der Waals surface area contributed by atoms with Crippen LogP contribution in [0.3, 0.4) is 0 Å². The summed E-state index contributed by atoms with van der Waals surface area (Å²) in [4.78, 5) is 28.7. The number of piperidine rings is 1. The smallest absolute Gasteiger partial charge is 0.320 e. The van der Waals surface area contributed by atoms with Crippen LogP contribution in [0, 0.1) is 5.92 Å². The lowest BCUT2D eigenvalue weighted by atomic mass is 9.97. The summed E-state index contributed by atoms with van der Waals surface area (Å²) >= 11 is 0. The molecule has 0 aromatic carbocycles. The van der Waals surface area contributed by atoms with Crippen LogP contribution in [0.4, 0.5) is 4.79 Å². The molecule has 132 valence electrons. The summed E-state index contributed by atoms with van der Waals surface area (Å²) in [6, 6.07) is 2.07. The zero-order valence-corrected chi connectivity index (χ0v) is 14.4. The number of aryl methyl sites for hydroxylation is 1. The maximum absolute atomic E-state index is 12.5. The molecule has 0 bridgehead atoms. The van der Waals surface area contributed by atoms with Crippen LogP contribution in [0.5, 0.6) is 0 Å². The Morgan fingerprint density at radius 3 is 2.67 bits per heavy atom. The number of urea groups is 1. The van der Waals surface area contributed by atoms with Gasteiger partial charge in [0.15, 0.2) is 0 Å². The second-order valence-corrected chi connectivity index (χ2v) is 6.75. The Bertz CT molecular complexity index is 579. The first-order valence-electron chi connectivity index (χ1n) is 8.93. The van der Waals surface area contributed by atoms with Crippen LogP contribution in [0.15, 0.2) is 12.3 Å². The van der Waals surface area contributed by atoms with Gasteiger partial charge in [0.05, 0.1) is 5.92 Å². The molecule has 2 saturated heterocycles. The summed E-state index contributed by atoms with van der Waals surface area (Å²) in [6.45, 7) is 3.64. The van der Waals surface area contributed by atoms with Crippen molar-refractivity contribution >= 4 is 11.9 Å². The van der Waals surface area contributed by atoms with Crippen LogP contribution >= 0.6 is 0 Å². The number of carbonyl (C=O) groups is 2. The molecule has 0 spiro atoms. The Balaban J connectivity index is 1.46. The quantitative estimate of drug-likeness (QED) is 0.894. The fourth-order valence-corrected chi connectivity index (χ4v) is 3.58. The van der Waals surface area contributed by atoms with Crippen LogP contribution in [0.2, 0.25) is 0 Å². The molecule has 24 heavy (non-hydrogen) atoms. The molecule has 2 aliphatic rings. The Morgan fingerprint density at radius 1 is 1.21 bits per heavy atom. The van der Waals surface area contributed by atoms with Crippen LogP contribution in [-0.2, 0) is 18.3 Å². The summed E-state index contributed by atoms with van der Waals surface area (Å²) in [5, 5.41) is 7.14. The Labute approximate surface area is 143 Å². The molecule has 7 heteroatoms. The van der Waals surface area contributed by atoms with Gasteiger partial charge in [-0.3, -0.25) is 9.48 Å². The summed E-state index contributed by atoms with van der Waals surface area (Å²) in [7, 11) is 1.90. The van der Waals surface area contributed by atoms with E-state index >= 15 is 0 Å². The Kier molecular flexibility index (Phi) is 5.37. The highest BCUT2D eigenvalue weighted by Gasteiger charge is 2.31. The molecule has 1 aromatic heterocycles. The zero-order chi connectivity index (χ0) is 16.9. The van der Waals surface area contributed by atoms with Gasteiger partial charge < -0.3 is 15.1 Å². The minimum atomic E-state index is -0.0863. The van der Waals surface area contributed by atoms with Crippen LogP contribution in [0.25, 0.3) is 0 Å². The molecule has 1 N–H and O–H groups in total. The Morgan fingerprint density at radius 2 is 1.96 bits per heavy atom. The monoisotopic (exact) mass is 333 g/mol. The highest BCUT2D eigenvalue weighted by Crippen LogP contribution is 2.20. The predicted octanol–water partition coefficient (Wildman–Crippen LogP) is 1.01. The van der Waals surface area contributed by atoms with E-state index in [1.165, 1.54) is 0 Å². The molecule has 2 fully saturated rings. The standard InChI is InChI=1S/C17H27N5O2/c1-20-15(7-9-19-20)6-8-18-16(23)14-5-4-12-22(13-14)17(24)21-10-2-3-11-21/h7,9,14H,2-6,8,10-13H2,1H3,(H,18,23)/t14-/m1/s1. The van der Waals surface area contributed by atoms with Crippen molar-refractivity contribution < 1.29 is 9.59 Å². The molecule has 7 nitrogen and oxygen atoms in total. The normalized spacial score (nSPS) is 21.1. The van der Waals surface area contributed by atoms with Crippen LogP contribution < -0.4 is 5.32 Å². The van der Waals surface area contributed by atoms with E-state index < -0.39 is 0 Å². The molecular formula is C17H27N5O2. The van der Waals surface area contributed by atoms with E-state index in [-0.39, 0.29) is 17.9 Å². The number of likely N-dealkylation sites (tertiary alicyclic amines) is 2. The topological polar surface area (TPSA) is 70.5 Å². The minimum Gasteiger partial charge on any atom is -0.355 e. The highest BCUT2D eigenvalue weighted by molar-refractivity contribution is 5.81. The number of carbonyl (C=O) groups excluding carboxylic acids is 2. The first-order valence-corrected chi connectivity index (χ1v) is 8.93. The van der Waals surface area contributed by atoms with Crippen molar-refractivity contribution in [2.45, 2.75) is 32.1 Å². The third-order valence-corrected chi connectivity index (χ3v) is 5.04. The van der Waals surface area contributed by atoms with E-state index in [9.17, 15) is 9.59 Å². The molecule has 0 saturated carbocycles. The van der Waals surface area contributed by atoms with E-state index in [2.05, 4.69) is 10.4 Å². The summed E-state index contributed by atoms with van der Waals surface area (Å²) < 4.78 is 1.82. The van der Waals surface area contributed by atoms with Crippen molar-refractivity contribution in [3.05, 3.63) is 18.0 Å². The predicted molar refractivity (Wildman–Crippen MR) is 90.4 cm³/mol. The van der Waals surface area contributed by atoms with Crippen molar-refractivity contribution in [3.8, 4) is 0 Å². The summed E-state index contributed by atoms with van der Waals surface area (Å²) in [5.74, 6) is -0.0204. The van der Waals surface area contributed by atoms with Gasteiger partial charge in [0, 0.05) is 58.1 Å². The number of amides is 3. The van der Waals surface area contributed by atoms with Crippen molar-refractivity contribution in [3.63, 3.8) is 0 Å². The van der Waals surface area contributed by atoms with Gasteiger partial charge in [-0.1, -0.05) is 0 Å². The van der Waals surface area contributed by atoms with Gasteiger partial charge in [0.2, 0.25) is 5.91 Å². The maximum atomic E-state index is 12.5. The average Bonchev–Trinajstić information content (AvgIpc) is 3.26. The first-order chi connectivity index (χ1) is 11.6. The van der Waals surface area contributed by atoms with Gasteiger partial charge in [-0.2, -0.15) is 5.10 Å². The number of nitrogens with zero attached hydrogens (tertiary/aromatic N) is 4. The molecule has 0 radical (unpaired) electrons. The van der Waals surface area contributed by atoms with Gasteiger partial charge in [-0.05, 0) is 31.7 Å². The fourth-order valence-electron chi connectivity index (χ4n) is 3.58. The highest BCUT2D eigenvalue weighted by atomic mass is 16.2. The lowest BCUT2D eigenvalue weighted by molar-refractivity contribution is -0.126. The van der Waals surface area contributed by atoms with E-state index in [0.29, 0.717) is 13.1 Å². The van der Waals surface area contributed by atoms with Gasteiger partial charge in [0.1, 0.15) is 0 Å². The second kappa shape index (κ2) is 7.68. The van der Waals surface area contributed by atoms with Gasteiger partial charge in [-0.15, -0.1) is 0 Å². The number of aromatic nitrogens is 2. The van der Waals surface area contributed by atoms with Crippen LogP contribution in [0.1, 0.15) is 31.4 Å². The molecule has 1 atom stereocenters. The lowest BCUT2D eigenvalue weighted by Crippen LogP contribution is -2.49. The molecule has 1 aromatic rings. The van der Waals surface area contributed by atoms with Crippen molar-refractivity contribution in [2.24, 2.45) is 13.0 Å². The summed E-state index contributed by atoms with van der Waals surface area (Å²) in [5.41, 5.74) is 1.10. The Hall–Kier alpha value is -2.05. The van der Waals surface area contributed by atoms with E-state index in [1.807, 2.05) is 27.6 Å². The van der Waals surface area contributed by atoms with E-state index in [1.54, 1.807) is 6.20 Å². The third-order valence-electron chi connectivity index (χ3n) is 5.04. The second-order valence-electron chi connectivity index (χ2n) is 6.75. The van der Waals surface area contributed by atoms with E-state index in [4.69, 9.17) is 0 Å². The molecule has 3 rings (SSSR count). The van der Waals surface area contributed by atoms with Gasteiger partial charge in [-0.25, -0.2) is 4.79 Å². The number of hydrogen-bond acceptors (Lipinski definition) is 3. The molecule has 3 amide bonds. The van der Waals surface area contributed by atoms with Gasteiger partial charge >= 0.3 is 6.03 Å². The lowest BCUT2D eigenvalue weighted by Gasteiger charge is -2.34. The molecule has 2 aliphatic heterocycles.